The summed E-state index contributed by atoms with van der Waals surface area (Å²) in [5.74, 6) is 0.881. The SMILES string of the molecule is Cc1cn(CCOc2cccc(CN)c2)c2ccccc12. The van der Waals surface area contributed by atoms with Crippen LogP contribution in [-0.2, 0) is 13.1 Å². The van der Waals surface area contributed by atoms with Gasteiger partial charge in [0.1, 0.15) is 12.4 Å². The lowest BCUT2D eigenvalue weighted by Gasteiger charge is -2.09. The highest BCUT2D eigenvalue weighted by atomic mass is 16.5. The van der Waals surface area contributed by atoms with Crippen LogP contribution in [0.2, 0.25) is 0 Å². The third kappa shape index (κ3) is 2.93. The second-order valence-electron chi connectivity index (χ2n) is 5.22. The molecule has 0 saturated carbocycles. The zero-order valence-electron chi connectivity index (χ0n) is 12.3. The van der Waals surface area contributed by atoms with Crippen molar-refractivity contribution in [3.05, 3.63) is 65.9 Å². The van der Waals surface area contributed by atoms with Crippen LogP contribution in [0.3, 0.4) is 0 Å². The van der Waals surface area contributed by atoms with Crippen molar-refractivity contribution in [1.82, 2.24) is 4.57 Å². The summed E-state index contributed by atoms with van der Waals surface area (Å²) in [4.78, 5) is 0. The van der Waals surface area contributed by atoms with Gasteiger partial charge in [-0.25, -0.2) is 0 Å². The molecule has 0 atom stereocenters. The van der Waals surface area contributed by atoms with Crippen molar-refractivity contribution < 1.29 is 4.74 Å². The summed E-state index contributed by atoms with van der Waals surface area (Å²) >= 11 is 0. The molecule has 108 valence electrons. The zero-order valence-corrected chi connectivity index (χ0v) is 12.3. The number of hydrogen-bond donors (Lipinski definition) is 1. The average molecular weight is 280 g/mol. The Kier molecular flexibility index (Phi) is 3.93. The van der Waals surface area contributed by atoms with E-state index in [9.17, 15) is 0 Å². The van der Waals surface area contributed by atoms with Gasteiger partial charge in [0.05, 0.1) is 6.54 Å². The molecule has 0 fully saturated rings. The topological polar surface area (TPSA) is 40.2 Å². The first-order valence-corrected chi connectivity index (χ1v) is 7.24. The van der Waals surface area contributed by atoms with Gasteiger partial charge in [-0.05, 0) is 36.2 Å². The van der Waals surface area contributed by atoms with E-state index < -0.39 is 0 Å². The van der Waals surface area contributed by atoms with Crippen molar-refractivity contribution in [1.29, 1.82) is 0 Å². The Balaban J connectivity index is 1.69. The molecule has 0 radical (unpaired) electrons. The van der Waals surface area contributed by atoms with Crippen LogP contribution in [0, 0.1) is 6.92 Å². The van der Waals surface area contributed by atoms with Crippen molar-refractivity contribution in [3.63, 3.8) is 0 Å². The van der Waals surface area contributed by atoms with Crippen LogP contribution in [0.1, 0.15) is 11.1 Å². The summed E-state index contributed by atoms with van der Waals surface area (Å²) in [6, 6.07) is 16.4. The van der Waals surface area contributed by atoms with Gasteiger partial charge >= 0.3 is 0 Å². The molecular formula is C18H20N2O. The molecule has 3 rings (SSSR count). The van der Waals surface area contributed by atoms with Gasteiger partial charge in [0.15, 0.2) is 0 Å². The van der Waals surface area contributed by atoms with Crippen LogP contribution < -0.4 is 10.5 Å². The molecule has 2 aromatic carbocycles. The fourth-order valence-corrected chi connectivity index (χ4v) is 2.64. The zero-order chi connectivity index (χ0) is 14.7. The van der Waals surface area contributed by atoms with E-state index in [-0.39, 0.29) is 0 Å². The lowest BCUT2D eigenvalue weighted by Crippen LogP contribution is -2.07. The number of aromatic nitrogens is 1. The highest BCUT2D eigenvalue weighted by Gasteiger charge is 2.04. The van der Waals surface area contributed by atoms with Gasteiger partial charge in [-0.2, -0.15) is 0 Å². The van der Waals surface area contributed by atoms with E-state index in [2.05, 4.69) is 42.0 Å². The normalized spacial score (nSPS) is 11.0. The van der Waals surface area contributed by atoms with E-state index >= 15 is 0 Å². The maximum absolute atomic E-state index is 5.83. The molecule has 3 nitrogen and oxygen atoms in total. The average Bonchev–Trinajstić information content (AvgIpc) is 2.85. The molecule has 0 aliphatic carbocycles. The van der Waals surface area contributed by atoms with Crippen molar-refractivity contribution in [2.75, 3.05) is 6.61 Å². The van der Waals surface area contributed by atoms with Gasteiger partial charge in [-0.1, -0.05) is 30.3 Å². The molecule has 3 aromatic rings. The van der Waals surface area contributed by atoms with Gasteiger partial charge < -0.3 is 15.0 Å². The number of benzene rings is 2. The number of aryl methyl sites for hydroxylation is 1. The molecule has 0 spiro atoms. The Bertz CT molecular complexity index is 746. The maximum Gasteiger partial charge on any atom is 0.119 e. The minimum absolute atomic E-state index is 0.540. The molecule has 0 aliphatic heterocycles. The van der Waals surface area contributed by atoms with Crippen molar-refractivity contribution in [2.45, 2.75) is 20.0 Å². The minimum Gasteiger partial charge on any atom is -0.492 e. The Hall–Kier alpha value is -2.26. The van der Waals surface area contributed by atoms with Gasteiger partial charge in [0.2, 0.25) is 0 Å². The maximum atomic E-state index is 5.83. The molecule has 0 bridgehead atoms. The molecule has 2 N–H and O–H groups in total. The van der Waals surface area contributed by atoms with Gasteiger partial charge in [0.25, 0.3) is 0 Å². The Morgan fingerprint density at radius 2 is 1.95 bits per heavy atom. The van der Waals surface area contributed by atoms with E-state index in [1.165, 1.54) is 16.5 Å². The van der Waals surface area contributed by atoms with Crippen LogP contribution in [0.25, 0.3) is 10.9 Å². The summed E-state index contributed by atoms with van der Waals surface area (Å²) in [6.45, 7) is 4.16. The first-order chi connectivity index (χ1) is 10.3. The van der Waals surface area contributed by atoms with Crippen LogP contribution in [0.4, 0.5) is 0 Å². The van der Waals surface area contributed by atoms with E-state index in [1.54, 1.807) is 0 Å². The Morgan fingerprint density at radius 1 is 1.10 bits per heavy atom. The third-order valence-electron chi connectivity index (χ3n) is 3.72. The summed E-state index contributed by atoms with van der Waals surface area (Å²) in [7, 11) is 0. The molecule has 21 heavy (non-hydrogen) atoms. The lowest BCUT2D eigenvalue weighted by molar-refractivity contribution is 0.300. The second-order valence-corrected chi connectivity index (χ2v) is 5.22. The van der Waals surface area contributed by atoms with E-state index in [1.807, 2.05) is 24.3 Å². The van der Waals surface area contributed by atoms with E-state index in [4.69, 9.17) is 10.5 Å². The fraction of sp³-hybridized carbons (Fsp3) is 0.222. The van der Waals surface area contributed by atoms with E-state index in [0.717, 1.165) is 17.9 Å². The van der Waals surface area contributed by atoms with Crippen LogP contribution in [-0.4, -0.2) is 11.2 Å². The molecule has 3 heteroatoms. The van der Waals surface area contributed by atoms with Gasteiger partial charge in [-0.3, -0.25) is 0 Å². The summed E-state index contributed by atoms with van der Waals surface area (Å²) in [5, 5.41) is 1.31. The monoisotopic (exact) mass is 280 g/mol. The molecular weight excluding hydrogens is 260 g/mol. The number of nitrogens with zero attached hydrogens (tertiary/aromatic N) is 1. The second kappa shape index (κ2) is 6.02. The van der Waals surface area contributed by atoms with Gasteiger partial charge in [0, 0.05) is 23.6 Å². The number of nitrogens with two attached hydrogens (primary N) is 1. The molecule has 0 saturated heterocycles. The molecule has 0 aliphatic rings. The molecule has 1 aromatic heterocycles. The van der Waals surface area contributed by atoms with Crippen LogP contribution >= 0.6 is 0 Å². The smallest absolute Gasteiger partial charge is 0.119 e. The summed E-state index contributed by atoms with van der Waals surface area (Å²) < 4.78 is 8.08. The van der Waals surface area contributed by atoms with E-state index in [0.29, 0.717) is 13.2 Å². The number of hydrogen-bond acceptors (Lipinski definition) is 2. The molecule has 0 amide bonds. The third-order valence-corrected chi connectivity index (χ3v) is 3.72. The number of para-hydroxylation sites is 1. The largest absolute Gasteiger partial charge is 0.492 e. The van der Waals surface area contributed by atoms with Crippen molar-refractivity contribution >= 4 is 10.9 Å². The number of rotatable bonds is 5. The molecule has 1 heterocycles. The summed E-state index contributed by atoms with van der Waals surface area (Å²) in [5.41, 5.74) is 9.30. The first-order valence-electron chi connectivity index (χ1n) is 7.24. The van der Waals surface area contributed by atoms with Gasteiger partial charge in [-0.15, -0.1) is 0 Å². The predicted molar refractivity (Wildman–Crippen MR) is 86.5 cm³/mol. The number of ether oxygens (including phenoxy) is 1. The number of fused-ring (bicyclic) bond motifs is 1. The highest BCUT2D eigenvalue weighted by Crippen LogP contribution is 2.20. The van der Waals surface area contributed by atoms with Crippen LogP contribution in [0.5, 0.6) is 5.75 Å². The van der Waals surface area contributed by atoms with Crippen LogP contribution in [0.15, 0.2) is 54.7 Å². The van der Waals surface area contributed by atoms with Crippen molar-refractivity contribution in [3.8, 4) is 5.75 Å². The Morgan fingerprint density at radius 3 is 2.81 bits per heavy atom. The Labute approximate surface area is 125 Å². The lowest BCUT2D eigenvalue weighted by atomic mass is 10.2. The quantitative estimate of drug-likeness (QED) is 0.777. The summed E-state index contributed by atoms with van der Waals surface area (Å²) in [6.07, 6.45) is 2.18. The standard InChI is InChI=1S/C18H20N2O/c1-14-13-20(18-8-3-2-7-17(14)18)9-10-21-16-6-4-5-15(11-16)12-19/h2-8,11,13H,9-10,12,19H2,1H3. The fourth-order valence-electron chi connectivity index (χ4n) is 2.64. The predicted octanol–water partition coefficient (Wildman–Crippen LogP) is 3.49. The molecule has 0 unspecified atom stereocenters. The van der Waals surface area contributed by atoms with Crippen molar-refractivity contribution in [2.24, 2.45) is 5.73 Å². The highest BCUT2D eigenvalue weighted by molar-refractivity contribution is 5.83. The minimum atomic E-state index is 0.540. The first kappa shape index (κ1) is 13.7.